The molecule has 0 spiro atoms. The molecule has 0 bridgehead atoms. The highest BCUT2D eigenvalue weighted by Gasteiger charge is 2.15. The average Bonchev–Trinajstić information content (AvgIpc) is 2.38. The topological polar surface area (TPSA) is 17.1 Å². The number of carbonyl (C=O) groups excluding carboxylic acids is 1. The molecular formula is C15H15BrO. The molecule has 1 aliphatic rings. The highest BCUT2D eigenvalue weighted by atomic mass is 79.9. The third kappa shape index (κ3) is 3.40. The molecule has 0 heterocycles. The van der Waals surface area contributed by atoms with Gasteiger partial charge in [0.15, 0.2) is 5.78 Å². The zero-order chi connectivity index (χ0) is 12.1. The highest BCUT2D eigenvalue weighted by molar-refractivity contribution is 9.11. The van der Waals surface area contributed by atoms with Gasteiger partial charge in [-0.2, -0.15) is 0 Å². The second-order valence-corrected chi connectivity index (χ2v) is 5.16. The van der Waals surface area contributed by atoms with Crippen molar-refractivity contribution < 1.29 is 4.79 Å². The van der Waals surface area contributed by atoms with Crippen molar-refractivity contribution in [1.29, 1.82) is 0 Å². The van der Waals surface area contributed by atoms with Crippen LogP contribution in [0.4, 0.5) is 0 Å². The lowest BCUT2D eigenvalue weighted by atomic mass is 9.96. The van der Waals surface area contributed by atoms with Crippen molar-refractivity contribution in [2.45, 2.75) is 25.7 Å². The first-order valence-electron chi connectivity index (χ1n) is 5.92. The summed E-state index contributed by atoms with van der Waals surface area (Å²) in [6, 6.07) is 9.90. The molecule has 0 N–H and O–H groups in total. The molecule has 17 heavy (non-hydrogen) atoms. The van der Waals surface area contributed by atoms with Gasteiger partial charge in [0.25, 0.3) is 0 Å². The summed E-state index contributed by atoms with van der Waals surface area (Å²) < 4.78 is 1.09. The van der Waals surface area contributed by atoms with Crippen LogP contribution < -0.4 is 0 Å². The molecule has 0 atom stereocenters. The number of benzene rings is 1. The van der Waals surface area contributed by atoms with Gasteiger partial charge >= 0.3 is 0 Å². The second kappa shape index (κ2) is 5.97. The highest BCUT2D eigenvalue weighted by Crippen LogP contribution is 2.29. The molecular weight excluding hydrogens is 276 g/mol. The number of hydrogen-bond donors (Lipinski definition) is 0. The van der Waals surface area contributed by atoms with Crippen LogP contribution in [0.3, 0.4) is 0 Å². The van der Waals surface area contributed by atoms with Crippen LogP contribution in [-0.4, -0.2) is 5.78 Å². The first-order chi connectivity index (χ1) is 8.27. The number of rotatable bonds is 3. The van der Waals surface area contributed by atoms with Crippen molar-refractivity contribution in [2.75, 3.05) is 0 Å². The van der Waals surface area contributed by atoms with Crippen LogP contribution in [0.1, 0.15) is 31.2 Å². The Labute approximate surface area is 110 Å². The van der Waals surface area contributed by atoms with Crippen LogP contribution in [-0.2, 0) is 4.79 Å². The van der Waals surface area contributed by atoms with Crippen molar-refractivity contribution in [3.05, 3.63) is 52.0 Å². The average molecular weight is 291 g/mol. The lowest BCUT2D eigenvalue weighted by molar-refractivity contribution is -0.111. The van der Waals surface area contributed by atoms with Crippen LogP contribution in [0.15, 0.2) is 46.5 Å². The maximum Gasteiger partial charge on any atom is 0.182 e. The molecule has 0 fully saturated rings. The van der Waals surface area contributed by atoms with E-state index in [1.165, 1.54) is 6.42 Å². The van der Waals surface area contributed by atoms with Crippen molar-refractivity contribution >= 4 is 27.8 Å². The van der Waals surface area contributed by atoms with E-state index in [0.29, 0.717) is 0 Å². The molecule has 0 aromatic heterocycles. The molecule has 1 aliphatic carbocycles. The quantitative estimate of drug-likeness (QED) is 0.750. The molecule has 0 amide bonds. The monoisotopic (exact) mass is 290 g/mol. The molecule has 1 nitrogen and oxygen atoms in total. The van der Waals surface area contributed by atoms with E-state index < -0.39 is 0 Å². The van der Waals surface area contributed by atoms with Gasteiger partial charge in [-0.15, -0.1) is 0 Å². The van der Waals surface area contributed by atoms with Gasteiger partial charge in [-0.1, -0.05) is 52.3 Å². The Morgan fingerprint density at radius 3 is 2.53 bits per heavy atom. The minimum atomic E-state index is 0.139. The maximum absolute atomic E-state index is 12.0. The van der Waals surface area contributed by atoms with E-state index in [0.717, 1.165) is 34.9 Å². The summed E-state index contributed by atoms with van der Waals surface area (Å²) in [5.41, 5.74) is 2.01. The SMILES string of the molecule is O=C(C=Cc1ccccc1)C1=C(Br)CCCC1. The molecule has 2 rings (SSSR count). The summed E-state index contributed by atoms with van der Waals surface area (Å²) in [5.74, 6) is 0.139. The van der Waals surface area contributed by atoms with Crippen molar-refractivity contribution in [3.63, 3.8) is 0 Å². The smallest absolute Gasteiger partial charge is 0.182 e. The Hall–Kier alpha value is -1.15. The number of hydrogen-bond acceptors (Lipinski definition) is 1. The molecule has 1 aromatic carbocycles. The third-order valence-electron chi connectivity index (χ3n) is 2.92. The Bertz CT molecular complexity index is 457. The minimum Gasteiger partial charge on any atom is -0.290 e. The molecule has 2 heteroatoms. The summed E-state index contributed by atoms with van der Waals surface area (Å²) in [6.45, 7) is 0. The Kier molecular flexibility index (Phi) is 4.32. The minimum absolute atomic E-state index is 0.139. The maximum atomic E-state index is 12.0. The van der Waals surface area contributed by atoms with Crippen LogP contribution in [0, 0.1) is 0 Å². The second-order valence-electron chi connectivity index (χ2n) is 4.20. The van der Waals surface area contributed by atoms with E-state index in [4.69, 9.17) is 0 Å². The van der Waals surface area contributed by atoms with Gasteiger partial charge in [-0.05, 0) is 37.3 Å². The Morgan fingerprint density at radius 2 is 1.82 bits per heavy atom. The molecule has 0 aliphatic heterocycles. The molecule has 88 valence electrons. The fourth-order valence-corrected chi connectivity index (χ4v) is 2.64. The van der Waals surface area contributed by atoms with Crippen molar-refractivity contribution in [3.8, 4) is 0 Å². The van der Waals surface area contributed by atoms with Gasteiger partial charge in [0.1, 0.15) is 0 Å². The molecule has 1 aromatic rings. The normalized spacial score (nSPS) is 16.5. The van der Waals surface area contributed by atoms with Crippen LogP contribution in [0.2, 0.25) is 0 Å². The zero-order valence-corrected chi connectivity index (χ0v) is 11.2. The van der Waals surface area contributed by atoms with Gasteiger partial charge in [-0.3, -0.25) is 4.79 Å². The van der Waals surface area contributed by atoms with Gasteiger partial charge in [-0.25, -0.2) is 0 Å². The van der Waals surface area contributed by atoms with Crippen LogP contribution >= 0.6 is 15.9 Å². The lowest BCUT2D eigenvalue weighted by Crippen LogP contribution is -2.05. The van der Waals surface area contributed by atoms with Crippen molar-refractivity contribution in [1.82, 2.24) is 0 Å². The number of ketones is 1. The van der Waals surface area contributed by atoms with E-state index in [-0.39, 0.29) is 5.78 Å². The van der Waals surface area contributed by atoms with E-state index in [1.807, 2.05) is 36.4 Å². The first kappa shape index (κ1) is 12.3. The predicted molar refractivity (Wildman–Crippen MR) is 74.9 cm³/mol. The van der Waals surface area contributed by atoms with E-state index in [2.05, 4.69) is 15.9 Å². The summed E-state index contributed by atoms with van der Waals surface area (Å²) in [7, 11) is 0. The molecule has 0 saturated heterocycles. The summed E-state index contributed by atoms with van der Waals surface area (Å²) in [5, 5.41) is 0. The van der Waals surface area contributed by atoms with Crippen LogP contribution in [0.25, 0.3) is 6.08 Å². The summed E-state index contributed by atoms with van der Waals surface area (Å²) in [6.07, 6.45) is 7.76. The number of allylic oxidation sites excluding steroid dienone is 3. The van der Waals surface area contributed by atoms with E-state index in [9.17, 15) is 4.79 Å². The standard InChI is InChI=1S/C15H15BrO/c16-14-9-5-4-8-13(14)15(17)11-10-12-6-2-1-3-7-12/h1-3,6-7,10-11H,4-5,8-9H2. The zero-order valence-electron chi connectivity index (χ0n) is 9.66. The Morgan fingerprint density at radius 1 is 1.12 bits per heavy atom. The van der Waals surface area contributed by atoms with E-state index in [1.54, 1.807) is 6.08 Å². The number of carbonyl (C=O) groups is 1. The number of halogens is 1. The molecule has 0 radical (unpaired) electrons. The fraction of sp³-hybridized carbons (Fsp3) is 0.267. The van der Waals surface area contributed by atoms with Gasteiger partial charge in [0.05, 0.1) is 0 Å². The predicted octanol–water partition coefficient (Wildman–Crippen LogP) is 4.49. The van der Waals surface area contributed by atoms with Crippen molar-refractivity contribution in [2.24, 2.45) is 0 Å². The largest absolute Gasteiger partial charge is 0.290 e. The third-order valence-corrected chi connectivity index (χ3v) is 3.80. The summed E-state index contributed by atoms with van der Waals surface area (Å²) >= 11 is 3.51. The lowest BCUT2D eigenvalue weighted by Gasteiger charge is -2.13. The Balaban J connectivity index is 2.09. The van der Waals surface area contributed by atoms with Gasteiger partial charge in [0, 0.05) is 10.1 Å². The summed E-state index contributed by atoms with van der Waals surface area (Å²) in [4.78, 5) is 12.0. The van der Waals surface area contributed by atoms with Crippen LogP contribution in [0.5, 0.6) is 0 Å². The molecule has 0 unspecified atom stereocenters. The fourth-order valence-electron chi connectivity index (χ4n) is 1.96. The van der Waals surface area contributed by atoms with Gasteiger partial charge < -0.3 is 0 Å². The molecule has 0 saturated carbocycles. The van der Waals surface area contributed by atoms with Gasteiger partial charge in [0.2, 0.25) is 0 Å². The van der Waals surface area contributed by atoms with E-state index >= 15 is 0 Å². The first-order valence-corrected chi connectivity index (χ1v) is 6.71.